The van der Waals surface area contributed by atoms with E-state index in [2.05, 4.69) is 4.84 Å². The molecule has 0 radical (unpaired) electrons. The molecule has 1 aliphatic heterocycles. The van der Waals surface area contributed by atoms with Crippen LogP contribution in [0.3, 0.4) is 0 Å². The lowest BCUT2D eigenvalue weighted by molar-refractivity contribution is -0.218. The van der Waals surface area contributed by atoms with Crippen LogP contribution in [-0.2, 0) is 4.84 Å². The van der Waals surface area contributed by atoms with E-state index in [1.165, 1.54) is 24.3 Å². The number of rotatable bonds is 2. The van der Waals surface area contributed by atoms with Gasteiger partial charge in [0.25, 0.3) is 11.8 Å². The number of hydrogen-bond donors (Lipinski definition) is 1. The third-order valence-electron chi connectivity index (χ3n) is 2.11. The number of hydrogen-bond acceptors (Lipinski definition) is 4. The number of benzene rings is 1. The van der Waals surface area contributed by atoms with Crippen molar-refractivity contribution in [2.75, 3.05) is 13.7 Å². The normalized spacial score (nSPS) is 14.1. The zero-order valence-corrected chi connectivity index (χ0v) is 9.77. The van der Waals surface area contributed by atoms with Gasteiger partial charge in [0, 0.05) is 7.11 Å². The van der Waals surface area contributed by atoms with E-state index in [0.717, 1.165) is 7.11 Å². The minimum Gasteiger partial charge on any atom is -0.400 e. The molecule has 2 amide bonds. The number of carbonyl (C=O) groups is 2. The van der Waals surface area contributed by atoms with Crippen molar-refractivity contribution in [3.8, 4) is 0 Å². The Balaban J connectivity index is 0.000000861. The number of halogens is 3. The van der Waals surface area contributed by atoms with Crippen molar-refractivity contribution >= 4 is 11.8 Å². The molecule has 0 aromatic heterocycles. The number of hydroxylamine groups is 2. The first-order valence-electron chi connectivity index (χ1n) is 5.02. The molecule has 0 saturated carbocycles. The van der Waals surface area contributed by atoms with Gasteiger partial charge in [0.15, 0.2) is 6.61 Å². The highest BCUT2D eigenvalue weighted by Crippen LogP contribution is 2.24. The number of aliphatic hydroxyl groups is 1. The molecule has 5 nitrogen and oxygen atoms in total. The highest BCUT2D eigenvalue weighted by Gasteiger charge is 2.39. The molecule has 104 valence electrons. The Kier molecular flexibility index (Phi) is 4.62. The molecule has 1 aromatic rings. The van der Waals surface area contributed by atoms with Gasteiger partial charge < -0.3 is 5.11 Å². The summed E-state index contributed by atoms with van der Waals surface area (Å²) in [5, 5.41) is 7.14. The first-order chi connectivity index (χ1) is 8.90. The summed E-state index contributed by atoms with van der Waals surface area (Å²) in [6, 6.07) is 5.73. The summed E-state index contributed by atoms with van der Waals surface area (Å²) in [5.74, 6) is -1.76. The molecular weight excluding hydrogens is 267 g/mol. The molecule has 8 heteroatoms. The maximum atomic E-state index is 11.9. The van der Waals surface area contributed by atoms with Gasteiger partial charge in [-0.2, -0.15) is 13.2 Å². The SMILES string of the molecule is CO.O=C1c2ccccc2C(=O)N1OCC(F)(F)F. The molecule has 0 atom stereocenters. The Labute approximate surface area is 106 Å². The fraction of sp³-hybridized carbons (Fsp3) is 0.273. The van der Waals surface area contributed by atoms with Crippen molar-refractivity contribution in [3.05, 3.63) is 35.4 Å². The maximum absolute atomic E-state index is 11.9. The second-order valence-electron chi connectivity index (χ2n) is 3.34. The molecule has 0 bridgehead atoms. The second-order valence-corrected chi connectivity index (χ2v) is 3.34. The van der Waals surface area contributed by atoms with Gasteiger partial charge in [0.1, 0.15) is 0 Å². The predicted octanol–water partition coefficient (Wildman–Crippen LogP) is 1.39. The van der Waals surface area contributed by atoms with Crippen LogP contribution in [0.1, 0.15) is 20.7 Å². The van der Waals surface area contributed by atoms with Crippen molar-refractivity contribution in [1.29, 1.82) is 0 Å². The van der Waals surface area contributed by atoms with Gasteiger partial charge in [-0.1, -0.05) is 12.1 Å². The quantitative estimate of drug-likeness (QED) is 0.829. The Morgan fingerprint density at radius 1 is 1.11 bits per heavy atom. The van der Waals surface area contributed by atoms with E-state index in [-0.39, 0.29) is 16.2 Å². The van der Waals surface area contributed by atoms with Gasteiger partial charge in [-0.05, 0) is 12.1 Å². The average Bonchev–Trinajstić information content (AvgIpc) is 2.62. The van der Waals surface area contributed by atoms with E-state index in [1.807, 2.05) is 0 Å². The van der Waals surface area contributed by atoms with E-state index < -0.39 is 24.6 Å². The zero-order valence-electron chi connectivity index (χ0n) is 9.77. The molecule has 1 N–H and O–H groups in total. The van der Waals surface area contributed by atoms with Crippen LogP contribution in [0.4, 0.5) is 13.2 Å². The molecule has 0 saturated heterocycles. The topological polar surface area (TPSA) is 66.8 Å². The van der Waals surface area contributed by atoms with Crippen molar-refractivity contribution in [2.45, 2.75) is 6.18 Å². The Bertz CT molecular complexity index is 452. The van der Waals surface area contributed by atoms with Crippen LogP contribution in [0.5, 0.6) is 0 Å². The summed E-state index contributed by atoms with van der Waals surface area (Å²) in [6.07, 6.45) is -4.60. The van der Waals surface area contributed by atoms with E-state index in [9.17, 15) is 22.8 Å². The second kappa shape index (κ2) is 5.81. The van der Waals surface area contributed by atoms with Crippen LogP contribution < -0.4 is 0 Å². The molecule has 1 heterocycles. The number of aliphatic hydroxyl groups excluding tert-OH is 1. The van der Waals surface area contributed by atoms with Crippen LogP contribution in [-0.4, -0.2) is 41.9 Å². The largest absolute Gasteiger partial charge is 0.414 e. The minimum absolute atomic E-state index is 0.0414. The third-order valence-corrected chi connectivity index (χ3v) is 2.11. The summed E-state index contributed by atoms with van der Waals surface area (Å²) in [7, 11) is 1.00. The molecule has 0 spiro atoms. The molecule has 1 aliphatic rings. The number of carbonyl (C=O) groups excluding carboxylic acids is 2. The number of alkyl halides is 3. The van der Waals surface area contributed by atoms with E-state index >= 15 is 0 Å². The van der Waals surface area contributed by atoms with Crippen LogP contribution in [0.25, 0.3) is 0 Å². The van der Waals surface area contributed by atoms with Crippen LogP contribution >= 0.6 is 0 Å². The smallest absolute Gasteiger partial charge is 0.400 e. The van der Waals surface area contributed by atoms with E-state index in [0.29, 0.717) is 0 Å². The van der Waals surface area contributed by atoms with Crippen LogP contribution in [0.2, 0.25) is 0 Å². The van der Waals surface area contributed by atoms with Gasteiger partial charge in [-0.15, -0.1) is 5.06 Å². The summed E-state index contributed by atoms with van der Waals surface area (Å²) in [5.41, 5.74) is 0.0827. The highest BCUT2D eigenvalue weighted by atomic mass is 19.4. The van der Waals surface area contributed by atoms with Gasteiger partial charge in [-0.3, -0.25) is 14.4 Å². The number of amides is 2. The molecule has 19 heavy (non-hydrogen) atoms. The lowest BCUT2D eigenvalue weighted by Crippen LogP contribution is -2.34. The molecule has 2 rings (SSSR count). The third kappa shape index (κ3) is 3.30. The maximum Gasteiger partial charge on any atom is 0.414 e. The molecule has 0 fully saturated rings. The van der Waals surface area contributed by atoms with Gasteiger partial charge in [0.2, 0.25) is 0 Å². The lowest BCUT2D eigenvalue weighted by Gasteiger charge is -2.14. The molecule has 1 aromatic carbocycles. The molecule has 0 unspecified atom stereocenters. The van der Waals surface area contributed by atoms with E-state index in [1.54, 1.807) is 0 Å². The summed E-state index contributed by atoms with van der Waals surface area (Å²) < 4.78 is 35.8. The molecule has 0 aliphatic carbocycles. The Hall–Kier alpha value is -1.93. The Morgan fingerprint density at radius 2 is 1.53 bits per heavy atom. The van der Waals surface area contributed by atoms with Crippen LogP contribution in [0, 0.1) is 0 Å². The summed E-state index contributed by atoms with van der Waals surface area (Å²) in [4.78, 5) is 27.3. The van der Waals surface area contributed by atoms with Crippen molar-refractivity contribution in [1.82, 2.24) is 5.06 Å². The fourth-order valence-corrected chi connectivity index (χ4v) is 1.42. The number of imide groups is 1. The van der Waals surface area contributed by atoms with E-state index in [4.69, 9.17) is 5.11 Å². The van der Waals surface area contributed by atoms with Crippen LogP contribution in [0.15, 0.2) is 24.3 Å². The van der Waals surface area contributed by atoms with Crippen molar-refractivity contribution < 1.29 is 32.7 Å². The number of nitrogens with zero attached hydrogens (tertiary/aromatic N) is 1. The van der Waals surface area contributed by atoms with Gasteiger partial charge in [-0.25, -0.2) is 0 Å². The minimum atomic E-state index is -4.60. The van der Waals surface area contributed by atoms with Gasteiger partial charge >= 0.3 is 6.18 Å². The highest BCUT2D eigenvalue weighted by molar-refractivity contribution is 6.20. The average molecular weight is 277 g/mol. The number of fused-ring (bicyclic) bond motifs is 1. The van der Waals surface area contributed by atoms with Crippen molar-refractivity contribution in [2.24, 2.45) is 0 Å². The Morgan fingerprint density at radius 3 is 1.89 bits per heavy atom. The standard InChI is InChI=1S/C10H6F3NO3.CH4O/c11-10(12,13)5-17-14-8(15)6-3-1-2-4-7(6)9(14)16;1-2/h1-4H,5H2;2H,1H3. The summed E-state index contributed by atoms with van der Waals surface area (Å²) in [6.45, 7) is -1.68. The first kappa shape index (κ1) is 15.1. The van der Waals surface area contributed by atoms with Crippen molar-refractivity contribution in [3.63, 3.8) is 0 Å². The lowest BCUT2D eigenvalue weighted by atomic mass is 10.1. The fourth-order valence-electron chi connectivity index (χ4n) is 1.42. The predicted molar refractivity (Wildman–Crippen MR) is 57.1 cm³/mol. The first-order valence-corrected chi connectivity index (χ1v) is 5.02. The molecular formula is C11H10F3NO4. The summed E-state index contributed by atoms with van der Waals surface area (Å²) >= 11 is 0. The zero-order chi connectivity index (χ0) is 14.6. The monoisotopic (exact) mass is 277 g/mol. The van der Waals surface area contributed by atoms with Gasteiger partial charge in [0.05, 0.1) is 11.1 Å².